The Morgan fingerprint density at radius 3 is 2.62 bits per heavy atom. The smallest absolute Gasteiger partial charge is 0.123 e. The molecule has 32 heavy (non-hydrogen) atoms. The van der Waals surface area contributed by atoms with E-state index in [-0.39, 0.29) is 11.2 Å². The molecule has 4 nitrogen and oxygen atoms in total. The fourth-order valence-corrected chi connectivity index (χ4v) is 5.68. The highest BCUT2D eigenvalue weighted by Gasteiger charge is 2.56. The predicted molar refractivity (Wildman–Crippen MR) is 128 cm³/mol. The maximum atomic E-state index is 13.4. The summed E-state index contributed by atoms with van der Waals surface area (Å²) in [4.78, 5) is 4.50. The summed E-state index contributed by atoms with van der Waals surface area (Å²) in [5.74, 6) is -0.278. The van der Waals surface area contributed by atoms with Crippen molar-refractivity contribution in [2.45, 2.75) is 64.9 Å². The van der Waals surface area contributed by atoms with E-state index in [1.807, 2.05) is 12.3 Å². The number of halogens is 1. The van der Waals surface area contributed by atoms with E-state index in [1.54, 1.807) is 17.1 Å². The van der Waals surface area contributed by atoms with Crippen molar-refractivity contribution in [2.24, 2.45) is 10.5 Å². The summed E-state index contributed by atoms with van der Waals surface area (Å²) in [6.45, 7) is 10.1. The third-order valence-electron chi connectivity index (χ3n) is 7.44. The molecule has 168 valence electrons. The van der Waals surface area contributed by atoms with Crippen molar-refractivity contribution >= 4 is 12.4 Å². The average molecular weight is 434 g/mol. The van der Waals surface area contributed by atoms with E-state index in [9.17, 15) is 9.50 Å². The molecule has 1 aromatic heterocycles. The highest BCUT2D eigenvalue weighted by atomic mass is 19.1. The molecular weight excluding hydrogens is 401 g/mol. The van der Waals surface area contributed by atoms with Gasteiger partial charge in [-0.25, -0.2) is 9.40 Å². The van der Waals surface area contributed by atoms with Gasteiger partial charge in [0, 0.05) is 24.0 Å². The number of benzene rings is 1. The van der Waals surface area contributed by atoms with Crippen LogP contribution in [0.3, 0.4) is 0 Å². The number of hydrazone groups is 1. The summed E-state index contributed by atoms with van der Waals surface area (Å²) in [6, 6.07) is 10.4. The topological polar surface area (TPSA) is 48.7 Å². The summed E-state index contributed by atoms with van der Waals surface area (Å²) in [6.07, 6.45) is 8.74. The number of nitrogens with zero attached hydrogens (tertiary/aromatic N) is 3. The third-order valence-corrected chi connectivity index (χ3v) is 7.44. The Morgan fingerprint density at radius 1 is 1.22 bits per heavy atom. The zero-order chi connectivity index (χ0) is 22.9. The second-order valence-electron chi connectivity index (χ2n) is 9.23. The van der Waals surface area contributed by atoms with Crippen molar-refractivity contribution < 1.29 is 9.50 Å². The van der Waals surface area contributed by atoms with E-state index in [2.05, 4.69) is 49.7 Å². The number of allylic oxidation sites excluding steroid dienone is 2. The Morgan fingerprint density at radius 2 is 1.97 bits per heavy atom. The third kappa shape index (κ3) is 3.79. The van der Waals surface area contributed by atoms with Crippen molar-refractivity contribution in [2.75, 3.05) is 5.01 Å². The van der Waals surface area contributed by atoms with Crippen LogP contribution in [0.15, 0.2) is 70.6 Å². The Hall–Kier alpha value is -2.79. The predicted octanol–water partition coefficient (Wildman–Crippen LogP) is 6.11. The molecule has 2 aromatic rings. The van der Waals surface area contributed by atoms with Gasteiger partial charge in [-0.05, 0) is 106 Å². The molecule has 0 saturated heterocycles. The molecule has 0 bridgehead atoms. The first-order chi connectivity index (χ1) is 15.3. The molecule has 2 aliphatic carbocycles. The van der Waals surface area contributed by atoms with Gasteiger partial charge in [-0.15, -0.1) is 0 Å². The molecule has 0 radical (unpaired) electrons. The first-order valence-corrected chi connectivity index (χ1v) is 11.4. The van der Waals surface area contributed by atoms with Crippen LogP contribution < -0.4 is 5.01 Å². The maximum Gasteiger partial charge on any atom is 0.123 e. The summed E-state index contributed by atoms with van der Waals surface area (Å²) in [5.41, 5.74) is 5.35. The molecule has 0 aliphatic heterocycles. The lowest BCUT2D eigenvalue weighted by Gasteiger charge is -2.46. The number of aromatic nitrogens is 1. The Balaban J connectivity index is 1.63. The van der Waals surface area contributed by atoms with Gasteiger partial charge in [0.2, 0.25) is 0 Å². The van der Waals surface area contributed by atoms with Crippen LogP contribution in [0.1, 0.15) is 57.2 Å². The van der Waals surface area contributed by atoms with Gasteiger partial charge in [-0.2, -0.15) is 5.10 Å². The van der Waals surface area contributed by atoms with Crippen LogP contribution in [-0.2, 0) is 6.42 Å². The van der Waals surface area contributed by atoms with Crippen LogP contribution >= 0.6 is 0 Å². The second-order valence-corrected chi connectivity index (χ2v) is 9.23. The van der Waals surface area contributed by atoms with Crippen molar-refractivity contribution in [1.82, 2.24) is 4.98 Å². The highest BCUT2D eigenvalue weighted by molar-refractivity contribution is 5.59. The standard InChI is InChI=1S/C27H32FN3O/c1-5-26-18-20(3)25(31(29-4)24-8-6-22(28)7-9-24)17-21(26)10-13-27(26,32)14-11-23-16-19(2)12-15-30-23/h6-9,12,15-17,32H,4-5,10-11,13-14,18H2,1-3H3/t26-,27+/m0/s1. The molecule has 2 aliphatic rings. The van der Waals surface area contributed by atoms with Crippen LogP contribution in [0.4, 0.5) is 10.1 Å². The lowest BCUT2D eigenvalue weighted by atomic mass is 9.63. The van der Waals surface area contributed by atoms with E-state index in [0.717, 1.165) is 54.8 Å². The maximum absolute atomic E-state index is 13.4. The fourth-order valence-electron chi connectivity index (χ4n) is 5.68. The Kier molecular flexibility index (Phi) is 6.04. The lowest BCUT2D eigenvalue weighted by molar-refractivity contribution is -0.0574. The zero-order valence-corrected chi connectivity index (χ0v) is 19.2. The van der Waals surface area contributed by atoms with Crippen molar-refractivity contribution in [1.29, 1.82) is 0 Å². The summed E-state index contributed by atoms with van der Waals surface area (Å²) < 4.78 is 13.4. The van der Waals surface area contributed by atoms with Crippen LogP contribution in [-0.4, -0.2) is 22.4 Å². The molecule has 1 saturated carbocycles. The van der Waals surface area contributed by atoms with E-state index < -0.39 is 5.60 Å². The SMILES string of the molecule is C=NN(C1=C(C)C[C@@]2(CC)C(=C1)CC[C@@]2(O)CCc1cc(C)ccn1)c1ccc(F)cc1. The van der Waals surface area contributed by atoms with Gasteiger partial charge in [0.1, 0.15) is 5.82 Å². The van der Waals surface area contributed by atoms with Crippen molar-refractivity contribution in [3.63, 3.8) is 0 Å². The molecular formula is C27H32FN3O. The van der Waals surface area contributed by atoms with Gasteiger partial charge < -0.3 is 5.11 Å². The molecule has 1 aromatic carbocycles. The molecule has 5 heteroatoms. The van der Waals surface area contributed by atoms with Crippen LogP contribution in [0.25, 0.3) is 0 Å². The van der Waals surface area contributed by atoms with Crippen LogP contribution in [0.5, 0.6) is 0 Å². The second kappa shape index (κ2) is 8.62. The van der Waals surface area contributed by atoms with Gasteiger partial charge in [-0.3, -0.25) is 4.98 Å². The summed E-state index contributed by atoms with van der Waals surface area (Å²) in [7, 11) is 0. The minimum Gasteiger partial charge on any atom is -0.389 e. The van der Waals surface area contributed by atoms with Crippen LogP contribution in [0, 0.1) is 18.2 Å². The quantitative estimate of drug-likeness (QED) is 0.423. The largest absolute Gasteiger partial charge is 0.389 e. The normalized spacial score (nSPS) is 24.8. The van der Waals surface area contributed by atoms with Gasteiger partial charge in [-0.1, -0.05) is 12.5 Å². The Labute approximate surface area is 190 Å². The monoisotopic (exact) mass is 433 g/mol. The first-order valence-electron chi connectivity index (χ1n) is 11.4. The molecule has 1 fully saturated rings. The molecule has 0 unspecified atom stereocenters. The van der Waals surface area contributed by atoms with Gasteiger partial charge >= 0.3 is 0 Å². The van der Waals surface area contributed by atoms with E-state index in [1.165, 1.54) is 23.3 Å². The molecule has 0 spiro atoms. The fraction of sp³-hybridized carbons (Fsp3) is 0.407. The van der Waals surface area contributed by atoms with Gasteiger partial charge in [0.15, 0.2) is 0 Å². The molecule has 1 N–H and O–H groups in total. The van der Waals surface area contributed by atoms with E-state index in [4.69, 9.17) is 0 Å². The van der Waals surface area contributed by atoms with E-state index in [0.29, 0.717) is 6.42 Å². The molecule has 1 heterocycles. The van der Waals surface area contributed by atoms with Crippen molar-refractivity contribution in [3.8, 4) is 0 Å². The van der Waals surface area contributed by atoms with E-state index >= 15 is 0 Å². The minimum absolute atomic E-state index is 0.278. The zero-order valence-electron chi connectivity index (χ0n) is 19.2. The average Bonchev–Trinajstić information content (AvgIpc) is 3.06. The summed E-state index contributed by atoms with van der Waals surface area (Å²) >= 11 is 0. The number of aliphatic hydroxyl groups is 1. The number of hydrogen-bond donors (Lipinski definition) is 1. The van der Waals surface area contributed by atoms with Gasteiger partial charge in [0.05, 0.1) is 17.0 Å². The molecule has 4 rings (SSSR count). The number of anilines is 1. The molecule has 2 atom stereocenters. The Bertz CT molecular complexity index is 1070. The number of rotatable bonds is 7. The summed E-state index contributed by atoms with van der Waals surface area (Å²) in [5, 5.41) is 17.9. The lowest BCUT2D eigenvalue weighted by Crippen LogP contribution is -2.46. The molecule has 0 amide bonds. The number of pyridine rings is 1. The highest BCUT2D eigenvalue weighted by Crippen LogP contribution is 2.60. The minimum atomic E-state index is -0.770. The van der Waals surface area contributed by atoms with Crippen LogP contribution in [0.2, 0.25) is 0 Å². The first kappa shape index (κ1) is 22.4. The number of aryl methyl sites for hydroxylation is 2. The van der Waals surface area contributed by atoms with Crippen molar-refractivity contribution in [3.05, 3.63) is 82.6 Å². The van der Waals surface area contributed by atoms with Gasteiger partial charge in [0.25, 0.3) is 0 Å². The number of fused-ring (bicyclic) bond motifs is 1. The number of hydrogen-bond acceptors (Lipinski definition) is 4.